The fourth-order valence-corrected chi connectivity index (χ4v) is 14.0. The van der Waals surface area contributed by atoms with Gasteiger partial charge in [-0.25, -0.2) is 11.4 Å². The van der Waals surface area contributed by atoms with Gasteiger partial charge in [-0.2, -0.15) is 19.6 Å². The number of esters is 3. The number of aromatic hydroxyl groups is 2. The van der Waals surface area contributed by atoms with E-state index in [1.165, 1.54) is 46.2 Å². The number of unbranched alkanes of at least 4 members (excludes halogenated alkanes) is 5. The van der Waals surface area contributed by atoms with E-state index in [-0.39, 0.29) is 74.0 Å². The van der Waals surface area contributed by atoms with Crippen LogP contribution in [0.2, 0.25) is 0 Å². The first kappa shape index (κ1) is 116. The minimum atomic E-state index is -0.846. The van der Waals surface area contributed by atoms with Crippen LogP contribution in [0.5, 0.6) is 11.8 Å². The number of benzene rings is 6. The molecule has 6 atom stereocenters. The molecule has 2 aliphatic rings. The van der Waals surface area contributed by atoms with Gasteiger partial charge in [0.1, 0.15) is 11.6 Å². The summed E-state index contributed by atoms with van der Waals surface area (Å²) in [5.74, 6) is -0.840. The van der Waals surface area contributed by atoms with Gasteiger partial charge in [0, 0.05) is 63.7 Å². The van der Waals surface area contributed by atoms with Crippen LogP contribution >= 0.6 is 12.4 Å². The second kappa shape index (κ2) is 70.5. The highest BCUT2D eigenvalue weighted by Crippen LogP contribution is 2.32. The molecule has 2 aliphatic heterocycles. The summed E-state index contributed by atoms with van der Waals surface area (Å²) >= 11 is 0. The highest BCUT2D eigenvalue weighted by atomic mass is 35.5. The number of aromatic nitrogens is 4. The zero-order valence-electron chi connectivity index (χ0n) is 79.1. The van der Waals surface area contributed by atoms with Gasteiger partial charge in [-0.1, -0.05) is 277 Å². The number of carbonyl (C=O) groups excluding carboxylic acids is 6. The first-order valence-electron chi connectivity index (χ1n) is 46.1. The molecule has 2 aromatic heterocycles. The Morgan fingerprint density at radius 3 is 1.31 bits per heavy atom. The lowest BCUT2D eigenvalue weighted by molar-refractivity contribution is -0.192. The molecule has 8 aromatic rings. The third kappa shape index (κ3) is 42.6. The molecule has 0 bridgehead atoms. The quantitative estimate of drug-likeness (QED) is 0.00404. The monoisotopic (exact) mass is 1800 g/mol. The summed E-state index contributed by atoms with van der Waals surface area (Å²) in [6.45, 7) is 39.2. The Hall–Kier alpha value is -11.4. The molecule has 6 aromatic carbocycles. The van der Waals surface area contributed by atoms with Crippen LogP contribution < -0.4 is 27.9 Å². The summed E-state index contributed by atoms with van der Waals surface area (Å²) in [6.07, 6.45) is 19.2. The molecule has 706 valence electrons. The lowest BCUT2D eigenvalue weighted by atomic mass is 9.99. The summed E-state index contributed by atoms with van der Waals surface area (Å²) in [5.41, 5.74) is 17.2. The number of halogens is 1. The minimum Gasteiger partial charge on any atom is -0.493 e. The van der Waals surface area contributed by atoms with Gasteiger partial charge in [-0.05, 0) is 151 Å². The number of likely N-dealkylation sites (tertiary alicyclic amines) is 1. The fourth-order valence-electron chi connectivity index (χ4n) is 14.0. The highest BCUT2D eigenvalue weighted by molar-refractivity contribution is 5.96. The Kier molecular flexibility index (Phi) is 63.2. The van der Waals surface area contributed by atoms with Crippen LogP contribution in [-0.4, -0.2) is 135 Å². The van der Waals surface area contributed by atoms with E-state index in [9.17, 15) is 39.0 Å². The number of nitrogens with one attached hydrogen (secondary N) is 2. The van der Waals surface area contributed by atoms with E-state index >= 15 is 0 Å². The van der Waals surface area contributed by atoms with Gasteiger partial charge >= 0.3 is 24.1 Å². The maximum absolute atomic E-state index is 13.8. The number of nitrogens with zero attached hydrogens (tertiary/aromatic N) is 7. The van der Waals surface area contributed by atoms with Gasteiger partial charge in [0.25, 0.3) is 17.0 Å². The van der Waals surface area contributed by atoms with Crippen molar-refractivity contribution in [1.29, 1.82) is 5.41 Å². The molecule has 2 fully saturated rings. The van der Waals surface area contributed by atoms with E-state index in [1.54, 1.807) is 37.2 Å². The van der Waals surface area contributed by atoms with Crippen LogP contribution in [0, 0.1) is 17.9 Å². The number of aryl methyl sites for hydroxylation is 2. The third-order valence-corrected chi connectivity index (χ3v) is 21.0. The number of rotatable bonds is 36. The van der Waals surface area contributed by atoms with Crippen molar-refractivity contribution in [3.05, 3.63) is 270 Å². The van der Waals surface area contributed by atoms with Crippen molar-refractivity contribution in [2.45, 2.75) is 268 Å². The van der Waals surface area contributed by atoms with Crippen molar-refractivity contribution < 1.29 is 57.9 Å². The van der Waals surface area contributed by atoms with Crippen molar-refractivity contribution >= 4 is 54.1 Å². The molecule has 0 spiro atoms. The van der Waals surface area contributed by atoms with Crippen molar-refractivity contribution in [1.82, 2.24) is 29.3 Å². The first-order chi connectivity index (χ1) is 62.0. The van der Waals surface area contributed by atoms with Crippen molar-refractivity contribution in [3.8, 4) is 11.8 Å². The molecule has 129 heavy (non-hydrogen) atoms. The summed E-state index contributed by atoms with van der Waals surface area (Å²) in [6, 6.07) is 60.7. The van der Waals surface area contributed by atoms with Gasteiger partial charge in [0.2, 0.25) is 18.3 Å². The lowest BCUT2D eigenvalue weighted by Crippen LogP contribution is -2.38. The molecule has 1 amide bonds. The Morgan fingerprint density at radius 1 is 0.527 bits per heavy atom. The highest BCUT2D eigenvalue weighted by Gasteiger charge is 2.35. The lowest BCUT2D eigenvalue weighted by Gasteiger charge is -2.24. The van der Waals surface area contributed by atoms with Crippen LogP contribution in [0.1, 0.15) is 321 Å². The van der Waals surface area contributed by atoms with E-state index in [1.807, 2.05) is 131 Å². The topological polar surface area (TPSA) is 357 Å². The second-order valence-corrected chi connectivity index (χ2v) is 30.4. The number of hydrogen-bond acceptors (Lipinski definition) is 20. The number of hydrogen-bond donors (Lipinski definition) is 6. The summed E-state index contributed by atoms with van der Waals surface area (Å²) in [5, 5.41) is 31.5. The molecule has 26 heteroatoms. The zero-order valence-corrected chi connectivity index (χ0v) is 79.9. The van der Waals surface area contributed by atoms with Crippen LogP contribution in [0.25, 0.3) is 4.85 Å². The molecular weight excluding hydrogens is 1650 g/mol. The first-order valence-corrected chi connectivity index (χ1v) is 46.1. The average Bonchev–Trinajstić information content (AvgIpc) is 1.06. The summed E-state index contributed by atoms with van der Waals surface area (Å²) in [4.78, 5) is 109. The van der Waals surface area contributed by atoms with Gasteiger partial charge in [-0.3, -0.25) is 43.5 Å². The standard InChI is InChI=1S/C28H33N3O3.C20H26N2O4.C14H22N2.C10H13N.C9H13N.C9H16O4.C7H15NO.C5H9N.CO2.ClH/c1-3-5-16-24-29-26(32)25(28(34)31(24)23(4-2)21-14-10-7-11-15-21)27(33)30-18-17-22(19-30)20-12-8-6-9-13-20;1-4-7-13-16-21-18(23)17(20(25)26-6-3)19(24)22(16)15(5-2)14-11-9-8-10-12-14;1-3-5-11-14(15)16-13(4-2)12-9-7-6-8-10-12;1-2-4-9(5-3-1)10-6-7-11-8-10;1-2-9(10)8-6-4-3-5-7-8;1-4-7(8(10)12-5-2)9(11)13-6-3;1-3-5-6-7(8)9-4-2;1-3-4-5-6-2;2-1-3;/h6-15,22-23,32H,3-5,16-19H2,1-2H3;8-12,15,23H,4-7,13H2,1-3H3;6-10,13H,3-5,11H2,1-2H3,(H2,15,16);1-5,10-11H,6-8H2;3-7,9H,2,10H2,1H3;7H,4-6H2,1-3H3;8H,3-6H2,1-2H3;3-5H2,1H3;;1H/t22-,23-;15-;13-;10-;9-;;;;;/m00000...../s1. The van der Waals surface area contributed by atoms with Crippen LogP contribution in [0.15, 0.2) is 197 Å². The van der Waals surface area contributed by atoms with Gasteiger partial charge in [0.15, 0.2) is 22.9 Å². The summed E-state index contributed by atoms with van der Waals surface area (Å²) < 4.78 is 22.5. The Balaban J connectivity index is 0.000000778. The molecule has 0 saturated carbocycles. The van der Waals surface area contributed by atoms with Crippen molar-refractivity contribution in [3.63, 3.8) is 0 Å². The maximum Gasteiger partial charge on any atom is 0.373 e. The number of ether oxygens (including phenoxy) is 4. The minimum absolute atomic E-state index is 0. The van der Waals surface area contributed by atoms with E-state index in [0.717, 1.165) is 119 Å². The van der Waals surface area contributed by atoms with Gasteiger partial charge in [-0.15, -0.1) is 12.4 Å². The van der Waals surface area contributed by atoms with Gasteiger partial charge < -0.3 is 55.7 Å². The molecule has 2 saturated heterocycles. The Bertz CT molecular complexity index is 4590. The predicted molar refractivity (Wildman–Crippen MR) is 518 cm³/mol. The third-order valence-electron chi connectivity index (χ3n) is 21.0. The Morgan fingerprint density at radius 2 is 0.930 bits per heavy atom. The van der Waals surface area contributed by atoms with Crippen molar-refractivity contribution in [2.24, 2.45) is 22.4 Å². The fraction of sp³-hybridized carbons (Fsp3) is 0.495. The molecule has 4 heterocycles. The largest absolute Gasteiger partial charge is 0.493 e. The SMILES string of the molecule is CCCCC(=N)OCC.CCCCC(N)=N[C@@H](CC)c1ccccc1.CCCCc1nc(O)c(C(=O)N2CC[C@H](c3ccccc3)C2)c(=O)n1[C@@H](CC)c1ccccc1.CCCCc1nc(O)c(C(=O)OCC)c(=O)n1[C@@H](CC)c1ccccc1.CCOC(=O)C(CC)C(=O)OCC.CC[C@H](N)c1ccccc1.Cl.O=C=O.[C-]#[N+]CCCC.c1ccc([C@H]2CCNC2)cc1. The Labute approximate surface area is 773 Å². The van der Waals surface area contributed by atoms with E-state index in [4.69, 9.17) is 52.0 Å². The van der Waals surface area contributed by atoms with Crippen LogP contribution in [0.3, 0.4) is 0 Å². The molecule has 25 nitrogen and oxygen atoms in total. The normalized spacial score (nSPS) is 13.5. The molecular formula is C103H148ClN11O14. The molecule has 0 unspecified atom stereocenters. The van der Waals surface area contributed by atoms with Crippen LogP contribution in [-0.2, 0) is 51.0 Å². The molecule has 10 rings (SSSR count). The maximum atomic E-state index is 13.8. The number of amides is 1. The van der Waals surface area contributed by atoms with Crippen LogP contribution in [0.4, 0.5) is 0 Å². The van der Waals surface area contributed by atoms with Crippen molar-refractivity contribution in [2.75, 3.05) is 59.2 Å². The van der Waals surface area contributed by atoms with E-state index in [2.05, 4.69) is 146 Å². The smallest absolute Gasteiger partial charge is 0.373 e. The number of carbonyl (C=O) groups is 4. The number of aliphatic imine (C=N–C) groups is 1. The number of amidine groups is 1. The second-order valence-electron chi connectivity index (χ2n) is 30.4. The molecule has 0 aliphatic carbocycles. The molecule has 0 radical (unpaired) electrons. The van der Waals surface area contributed by atoms with E-state index in [0.29, 0.717) is 75.9 Å². The van der Waals surface area contributed by atoms with E-state index < -0.39 is 58.2 Å². The average molecular weight is 1800 g/mol. The zero-order chi connectivity index (χ0) is 94.8. The summed E-state index contributed by atoms with van der Waals surface area (Å²) in [7, 11) is 0. The van der Waals surface area contributed by atoms with Gasteiger partial charge in [0.05, 0.1) is 50.4 Å². The molecule has 8 N–H and O–H groups in total. The predicted octanol–water partition coefficient (Wildman–Crippen LogP) is 20.8. The number of nitrogens with two attached hydrogens (primary N) is 2.